The minimum absolute atomic E-state index is 0.115. The van der Waals surface area contributed by atoms with Crippen LogP contribution in [-0.2, 0) is 24.9 Å². The molecule has 1 aliphatic rings. The van der Waals surface area contributed by atoms with Crippen LogP contribution in [0.5, 0.6) is 0 Å². The van der Waals surface area contributed by atoms with E-state index in [1.54, 1.807) is 0 Å². The van der Waals surface area contributed by atoms with E-state index in [1.165, 1.54) is 11.3 Å². The largest absolute Gasteiger partial charge is 0.372 e. The predicted octanol–water partition coefficient (Wildman–Crippen LogP) is 2.17. The van der Waals surface area contributed by atoms with E-state index in [-0.39, 0.29) is 6.10 Å². The molecule has 0 unspecified atom stereocenters. The maximum Gasteiger partial charge on any atom is 0.101 e. The number of hydrogen-bond donors (Lipinski definition) is 1. The van der Waals surface area contributed by atoms with E-state index in [0.717, 1.165) is 31.8 Å². The maximum atomic E-state index is 5.95. The summed E-state index contributed by atoms with van der Waals surface area (Å²) in [4.78, 5) is 0. The lowest BCUT2D eigenvalue weighted by molar-refractivity contribution is 0.0978. The fourth-order valence-electron chi connectivity index (χ4n) is 3.16. The number of aromatic nitrogens is 3. The van der Waals surface area contributed by atoms with Crippen LogP contribution in [0.15, 0.2) is 24.5 Å². The molecule has 21 heavy (non-hydrogen) atoms. The quantitative estimate of drug-likeness (QED) is 0.917. The zero-order valence-corrected chi connectivity index (χ0v) is 13.0. The highest BCUT2D eigenvalue weighted by atomic mass is 16.5. The fraction of sp³-hybridized carbons (Fsp3) is 0.562. The van der Waals surface area contributed by atoms with Gasteiger partial charge in [0, 0.05) is 56.4 Å². The Kier molecular flexibility index (Phi) is 4.12. The van der Waals surface area contributed by atoms with E-state index in [0.29, 0.717) is 6.04 Å². The first-order valence-electron chi connectivity index (χ1n) is 7.68. The first-order valence-corrected chi connectivity index (χ1v) is 7.68. The Labute approximate surface area is 125 Å². The third kappa shape index (κ3) is 2.89. The molecule has 5 heteroatoms. The monoisotopic (exact) mass is 288 g/mol. The number of aryl methyl sites for hydroxylation is 3. The van der Waals surface area contributed by atoms with Gasteiger partial charge in [-0.1, -0.05) is 0 Å². The Hall–Kier alpha value is -1.59. The molecular formula is C16H24N4O. The van der Waals surface area contributed by atoms with Crippen molar-refractivity contribution in [3.63, 3.8) is 0 Å². The second-order valence-corrected chi connectivity index (χ2v) is 5.70. The zero-order valence-electron chi connectivity index (χ0n) is 13.0. The molecule has 2 aromatic rings. The highest BCUT2D eigenvalue weighted by Gasteiger charge is 2.31. The third-order valence-electron chi connectivity index (χ3n) is 4.26. The first-order chi connectivity index (χ1) is 10.2. The predicted molar refractivity (Wildman–Crippen MR) is 82.0 cm³/mol. The van der Waals surface area contributed by atoms with E-state index in [4.69, 9.17) is 4.74 Å². The number of nitrogens with zero attached hydrogens (tertiary/aromatic N) is 3. The SMILES string of the molecule is CCn1cccc1CN[C@H]1CCO[C@@H]1c1cn(C)nc1C. The van der Waals surface area contributed by atoms with E-state index in [1.807, 2.05) is 11.7 Å². The number of ether oxygens (including phenoxy) is 1. The molecule has 3 heterocycles. The van der Waals surface area contributed by atoms with Crippen molar-refractivity contribution >= 4 is 0 Å². The lowest BCUT2D eigenvalue weighted by Gasteiger charge is -2.20. The fourth-order valence-corrected chi connectivity index (χ4v) is 3.16. The van der Waals surface area contributed by atoms with E-state index in [2.05, 4.69) is 53.4 Å². The molecule has 0 amide bonds. The second-order valence-electron chi connectivity index (χ2n) is 5.70. The molecule has 0 aliphatic carbocycles. The molecule has 0 aromatic carbocycles. The van der Waals surface area contributed by atoms with Gasteiger partial charge in [-0.25, -0.2) is 0 Å². The van der Waals surface area contributed by atoms with Gasteiger partial charge in [-0.05, 0) is 32.4 Å². The number of rotatable bonds is 5. The average Bonchev–Trinajstić information content (AvgIpc) is 3.15. The molecule has 0 radical (unpaired) electrons. The number of hydrogen-bond acceptors (Lipinski definition) is 3. The van der Waals surface area contributed by atoms with Crippen LogP contribution in [0.3, 0.4) is 0 Å². The van der Waals surface area contributed by atoms with Gasteiger partial charge in [-0.15, -0.1) is 0 Å². The van der Waals surface area contributed by atoms with Crippen molar-refractivity contribution in [2.24, 2.45) is 7.05 Å². The summed E-state index contributed by atoms with van der Waals surface area (Å²) >= 11 is 0. The molecule has 5 nitrogen and oxygen atoms in total. The minimum Gasteiger partial charge on any atom is -0.372 e. The van der Waals surface area contributed by atoms with Crippen LogP contribution in [-0.4, -0.2) is 27.0 Å². The Morgan fingerprint density at radius 3 is 3.05 bits per heavy atom. The second kappa shape index (κ2) is 6.03. The molecule has 1 aliphatic heterocycles. The van der Waals surface area contributed by atoms with Gasteiger partial charge >= 0.3 is 0 Å². The summed E-state index contributed by atoms with van der Waals surface area (Å²) in [7, 11) is 1.96. The van der Waals surface area contributed by atoms with Crippen LogP contribution in [0.4, 0.5) is 0 Å². The Bertz CT molecular complexity index is 601. The summed E-state index contributed by atoms with van der Waals surface area (Å²) in [5, 5.41) is 8.09. The van der Waals surface area contributed by atoms with E-state index in [9.17, 15) is 0 Å². The molecular weight excluding hydrogens is 264 g/mol. The summed E-state index contributed by atoms with van der Waals surface area (Å²) in [5.41, 5.74) is 3.59. The van der Waals surface area contributed by atoms with Crippen molar-refractivity contribution in [2.75, 3.05) is 6.61 Å². The molecule has 3 rings (SSSR count). The smallest absolute Gasteiger partial charge is 0.101 e. The van der Waals surface area contributed by atoms with Gasteiger partial charge in [0.2, 0.25) is 0 Å². The highest BCUT2D eigenvalue weighted by molar-refractivity contribution is 5.21. The van der Waals surface area contributed by atoms with Crippen molar-refractivity contribution in [1.82, 2.24) is 19.7 Å². The molecule has 0 bridgehead atoms. The molecule has 1 fully saturated rings. The van der Waals surface area contributed by atoms with Crippen molar-refractivity contribution in [3.8, 4) is 0 Å². The van der Waals surface area contributed by atoms with Gasteiger partial charge in [0.05, 0.1) is 5.69 Å². The normalized spacial score (nSPS) is 22.0. The molecule has 0 spiro atoms. The molecule has 0 saturated carbocycles. The summed E-state index contributed by atoms with van der Waals surface area (Å²) in [5.74, 6) is 0. The van der Waals surface area contributed by atoms with E-state index < -0.39 is 0 Å². The van der Waals surface area contributed by atoms with Crippen molar-refractivity contribution < 1.29 is 4.74 Å². The van der Waals surface area contributed by atoms with Crippen LogP contribution in [0.2, 0.25) is 0 Å². The molecule has 2 aromatic heterocycles. The lowest BCUT2D eigenvalue weighted by atomic mass is 10.0. The summed E-state index contributed by atoms with van der Waals surface area (Å²) in [6.07, 6.45) is 5.37. The van der Waals surface area contributed by atoms with Gasteiger partial charge in [0.15, 0.2) is 0 Å². The van der Waals surface area contributed by atoms with Crippen molar-refractivity contribution in [1.29, 1.82) is 0 Å². The third-order valence-corrected chi connectivity index (χ3v) is 4.26. The van der Waals surface area contributed by atoms with Gasteiger partial charge < -0.3 is 14.6 Å². The summed E-state index contributed by atoms with van der Waals surface area (Å²) in [6.45, 7) is 6.92. The van der Waals surface area contributed by atoms with E-state index >= 15 is 0 Å². The van der Waals surface area contributed by atoms with Crippen LogP contribution >= 0.6 is 0 Å². The maximum absolute atomic E-state index is 5.95. The Morgan fingerprint density at radius 1 is 1.48 bits per heavy atom. The Morgan fingerprint density at radius 2 is 2.33 bits per heavy atom. The van der Waals surface area contributed by atoms with Crippen LogP contribution < -0.4 is 5.32 Å². The topological polar surface area (TPSA) is 44.0 Å². The van der Waals surface area contributed by atoms with Gasteiger partial charge in [0.25, 0.3) is 0 Å². The van der Waals surface area contributed by atoms with Crippen molar-refractivity contribution in [3.05, 3.63) is 41.5 Å². The zero-order chi connectivity index (χ0) is 14.8. The van der Waals surface area contributed by atoms with Gasteiger partial charge in [-0.3, -0.25) is 4.68 Å². The average molecular weight is 288 g/mol. The minimum atomic E-state index is 0.115. The highest BCUT2D eigenvalue weighted by Crippen LogP contribution is 2.30. The summed E-state index contributed by atoms with van der Waals surface area (Å²) < 4.78 is 10.1. The van der Waals surface area contributed by atoms with Crippen LogP contribution in [0.25, 0.3) is 0 Å². The molecule has 2 atom stereocenters. The summed E-state index contributed by atoms with van der Waals surface area (Å²) in [6, 6.07) is 4.64. The molecule has 1 saturated heterocycles. The van der Waals surface area contributed by atoms with Crippen molar-refractivity contribution in [2.45, 2.75) is 45.5 Å². The van der Waals surface area contributed by atoms with Crippen LogP contribution in [0.1, 0.15) is 36.4 Å². The standard InChI is InChI=1S/C16H24N4O/c1-4-20-8-5-6-13(20)10-17-15-7-9-21-16(15)14-11-19(3)18-12(14)2/h5-6,8,11,15-17H,4,7,9-10H2,1-3H3/t15-,16+/m0/s1. The van der Waals surface area contributed by atoms with Gasteiger partial charge in [-0.2, -0.15) is 5.10 Å². The van der Waals surface area contributed by atoms with Crippen LogP contribution in [0, 0.1) is 6.92 Å². The molecule has 1 N–H and O–H groups in total. The van der Waals surface area contributed by atoms with Gasteiger partial charge in [0.1, 0.15) is 6.10 Å². The molecule has 114 valence electrons. The first kappa shape index (κ1) is 14.4. The Balaban J connectivity index is 1.69. The lowest BCUT2D eigenvalue weighted by Crippen LogP contribution is -2.32. The number of nitrogens with one attached hydrogen (secondary N) is 1.